The molecule has 4 nitrogen and oxygen atoms in total. The molecule has 0 aromatic heterocycles. The van der Waals surface area contributed by atoms with Gasteiger partial charge in [0.05, 0.1) is 11.0 Å². The molecule has 0 amide bonds. The summed E-state index contributed by atoms with van der Waals surface area (Å²) in [6.07, 6.45) is 0. The van der Waals surface area contributed by atoms with Crippen molar-refractivity contribution in [2.75, 3.05) is 11.1 Å². The summed E-state index contributed by atoms with van der Waals surface area (Å²) >= 11 is 1.88. The SMILES string of the molecule is Cc1ccc(NC2CSCc3ccccc32)cc1[N+](=O)[O-]. The monoisotopic (exact) mass is 300 g/mol. The lowest BCUT2D eigenvalue weighted by Crippen LogP contribution is -2.18. The lowest BCUT2D eigenvalue weighted by atomic mass is 10.0. The van der Waals surface area contributed by atoms with Gasteiger partial charge in [0.1, 0.15) is 0 Å². The van der Waals surface area contributed by atoms with Crippen molar-refractivity contribution in [2.45, 2.75) is 18.7 Å². The Morgan fingerprint density at radius 2 is 2.10 bits per heavy atom. The average molecular weight is 300 g/mol. The van der Waals surface area contributed by atoms with Crippen LogP contribution in [0.5, 0.6) is 0 Å². The van der Waals surface area contributed by atoms with Crippen LogP contribution in [0.4, 0.5) is 11.4 Å². The molecule has 0 radical (unpaired) electrons. The van der Waals surface area contributed by atoms with E-state index in [0.717, 1.165) is 17.2 Å². The number of aryl methyl sites for hydroxylation is 1. The van der Waals surface area contributed by atoms with Crippen molar-refractivity contribution in [3.8, 4) is 0 Å². The molecule has 3 rings (SSSR count). The maximum atomic E-state index is 11.0. The fraction of sp³-hybridized carbons (Fsp3) is 0.250. The normalized spacial score (nSPS) is 17.1. The molecule has 5 heteroatoms. The fourth-order valence-electron chi connectivity index (χ4n) is 2.60. The topological polar surface area (TPSA) is 55.2 Å². The molecule has 0 saturated carbocycles. The van der Waals surface area contributed by atoms with Crippen LogP contribution in [0.25, 0.3) is 0 Å². The number of nitrogens with zero attached hydrogens (tertiary/aromatic N) is 1. The molecule has 2 aromatic carbocycles. The van der Waals surface area contributed by atoms with Gasteiger partial charge in [0, 0.05) is 28.8 Å². The van der Waals surface area contributed by atoms with Crippen molar-refractivity contribution >= 4 is 23.1 Å². The minimum atomic E-state index is -0.329. The number of thioether (sulfide) groups is 1. The fourth-order valence-corrected chi connectivity index (χ4v) is 3.70. The number of rotatable bonds is 3. The molecular formula is C16H16N2O2S. The number of nitrogens with one attached hydrogen (secondary N) is 1. The maximum Gasteiger partial charge on any atom is 0.274 e. The minimum absolute atomic E-state index is 0.164. The van der Waals surface area contributed by atoms with Crippen LogP contribution in [-0.2, 0) is 5.75 Å². The van der Waals surface area contributed by atoms with Gasteiger partial charge in [-0.15, -0.1) is 0 Å². The number of hydrogen-bond donors (Lipinski definition) is 1. The van der Waals surface area contributed by atoms with Crippen molar-refractivity contribution in [3.05, 3.63) is 69.3 Å². The first-order valence-electron chi connectivity index (χ1n) is 6.82. The maximum absolute atomic E-state index is 11.0. The quantitative estimate of drug-likeness (QED) is 0.678. The van der Waals surface area contributed by atoms with Crippen LogP contribution in [-0.4, -0.2) is 10.7 Å². The van der Waals surface area contributed by atoms with Crippen molar-refractivity contribution in [1.29, 1.82) is 0 Å². The molecule has 0 fully saturated rings. The summed E-state index contributed by atoms with van der Waals surface area (Å²) < 4.78 is 0. The van der Waals surface area contributed by atoms with E-state index in [2.05, 4.69) is 23.5 Å². The predicted octanol–water partition coefficient (Wildman–Crippen LogP) is 4.30. The molecule has 2 aromatic rings. The number of fused-ring (bicyclic) bond motifs is 1. The molecule has 0 saturated heterocycles. The first-order valence-corrected chi connectivity index (χ1v) is 7.98. The van der Waals surface area contributed by atoms with Crippen LogP contribution in [0.3, 0.4) is 0 Å². The molecule has 1 aliphatic rings. The van der Waals surface area contributed by atoms with Gasteiger partial charge >= 0.3 is 0 Å². The third kappa shape index (κ3) is 2.88. The highest BCUT2D eigenvalue weighted by Crippen LogP contribution is 2.34. The molecule has 21 heavy (non-hydrogen) atoms. The highest BCUT2D eigenvalue weighted by atomic mass is 32.2. The van der Waals surface area contributed by atoms with Gasteiger partial charge in [0.2, 0.25) is 0 Å². The van der Waals surface area contributed by atoms with Gasteiger partial charge in [-0.25, -0.2) is 0 Å². The molecule has 108 valence electrons. The highest BCUT2D eigenvalue weighted by molar-refractivity contribution is 7.98. The lowest BCUT2D eigenvalue weighted by molar-refractivity contribution is -0.385. The molecule has 0 aliphatic carbocycles. The zero-order valence-electron chi connectivity index (χ0n) is 11.7. The Bertz CT molecular complexity index is 688. The van der Waals surface area contributed by atoms with E-state index in [9.17, 15) is 10.1 Å². The largest absolute Gasteiger partial charge is 0.377 e. The number of benzene rings is 2. The summed E-state index contributed by atoms with van der Waals surface area (Å²) in [5.74, 6) is 2.00. The third-order valence-corrected chi connectivity index (χ3v) is 4.80. The molecule has 1 unspecified atom stereocenters. The van der Waals surface area contributed by atoms with E-state index in [1.54, 1.807) is 19.1 Å². The van der Waals surface area contributed by atoms with Gasteiger partial charge in [-0.1, -0.05) is 30.3 Å². The third-order valence-electron chi connectivity index (χ3n) is 3.72. The van der Waals surface area contributed by atoms with Gasteiger partial charge in [0.25, 0.3) is 5.69 Å². The highest BCUT2D eigenvalue weighted by Gasteiger charge is 2.20. The van der Waals surface area contributed by atoms with E-state index in [1.165, 1.54) is 11.1 Å². The van der Waals surface area contributed by atoms with E-state index < -0.39 is 0 Å². The summed E-state index contributed by atoms with van der Waals surface area (Å²) in [5, 5.41) is 14.5. The van der Waals surface area contributed by atoms with Crippen LogP contribution in [0.1, 0.15) is 22.7 Å². The van der Waals surface area contributed by atoms with Crippen molar-refractivity contribution in [3.63, 3.8) is 0 Å². The molecule has 1 N–H and O–H groups in total. The summed E-state index contributed by atoms with van der Waals surface area (Å²) in [5.41, 5.74) is 4.28. The molecule has 0 spiro atoms. The zero-order valence-corrected chi connectivity index (χ0v) is 12.5. The van der Waals surface area contributed by atoms with Crippen LogP contribution < -0.4 is 5.32 Å². The van der Waals surface area contributed by atoms with Crippen molar-refractivity contribution in [1.82, 2.24) is 0 Å². The molecular weight excluding hydrogens is 284 g/mol. The number of anilines is 1. The lowest BCUT2D eigenvalue weighted by Gasteiger charge is -2.26. The Hall–Kier alpha value is -2.01. The molecule has 1 aliphatic heterocycles. The van der Waals surface area contributed by atoms with Crippen LogP contribution >= 0.6 is 11.8 Å². The van der Waals surface area contributed by atoms with E-state index in [4.69, 9.17) is 0 Å². The van der Waals surface area contributed by atoms with Gasteiger partial charge in [-0.05, 0) is 24.1 Å². The second-order valence-electron chi connectivity index (χ2n) is 5.17. The van der Waals surface area contributed by atoms with E-state index in [1.807, 2.05) is 23.9 Å². The first kappa shape index (κ1) is 13.9. The van der Waals surface area contributed by atoms with E-state index >= 15 is 0 Å². The second kappa shape index (κ2) is 5.77. The Morgan fingerprint density at radius 1 is 1.29 bits per heavy atom. The van der Waals surface area contributed by atoms with Crippen LogP contribution in [0.2, 0.25) is 0 Å². The number of nitro benzene ring substituents is 1. The number of nitro groups is 1. The van der Waals surface area contributed by atoms with Gasteiger partial charge in [-0.3, -0.25) is 10.1 Å². The Balaban J connectivity index is 1.88. The second-order valence-corrected chi connectivity index (χ2v) is 6.20. The average Bonchev–Trinajstić information content (AvgIpc) is 2.49. The Labute approximate surface area is 127 Å². The molecule has 1 heterocycles. The molecule has 1 atom stereocenters. The Morgan fingerprint density at radius 3 is 2.90 bits per heavy atom. The number of hydrogen-bond acceptors (Lipinski definition) is 4. The predicted molar refractivity (Wildman–Crippen MR) is 86.8 cm³/mol. The first-order chi connectivity index (χ1) is 10.1. The van der Waals surface area contributed by atoms with Crippen LogP contribution in [0.15, 0.2) is 42.5 Å². The van der Waals surface area contributed by atoms with Gasteiger partial charge < -0.3 is 5.32 Å². The van der Waals surface area contributed by atoms with Crippen LogP contribution in [0, 0.1) is 17.0 Å². The van der Waals surface area contributed by atoms with Gasteiger partial charge in [-0.2, -0.15) is 11.8 Å². The van der Waals surface area contributed by atoms with Crippen molar-refractivity contribution < 1.29 is 4.92 Å². The molecule has 0 bridgehead atoms. The summed E-state index contributed by atoms with van der Waals surface area (Å²) in [6, 6.07) is 13.9. The summed E-state index contributed by atoms with van der Waals surface area (Å²) in [4.78, 5) is 10.7. The standard InChI is InChI=1S/C16H16N2O2S/c1-11-6-7-13(8-16(11)18(19)20)17-15-10-21-9-12-4-2-3-5-14(12)15/h2-8,15,17H,9-10H2,1H3. The van der Waals surface area contributed by atoms with E-state index in [0.29, 0.717) is 5.56 Å². The summed E-state index contributed by atoms with van der Waals surface area (Å²) in [6.45, 7) is 1.76. The zero-order chi connectivity index (χ0) is 14.8. The minimum Gasteiger partial charge on any atom is -0.377 e. The summed E-state index contributed by atoms with van der Waals surface area (Å²) in [7, 11) is 0. The van der Waals surface area contributed by atoms with E-state index in [-0.39, 0.29) is 16.7 Å². The smallest absolute Gasteiger partial charge is 0.274 e. The van der Waals surface area contributed by atoms with Gasteiger partial charge in [0.15, 0.2) is 0 Å². The Kier molecular flexibility index (Phi) is 3.84. The van der Waals surface area contributed by atoms with Crippen molar-refractivity contribution in [2.24, 2.45) is 0 Å².